The van der Waals surface area contributed by atoms with Gasteiger partial charge in [-0.2, -0.15) is 0 Å². The number of esters is 1. The summed E-state index contributed by atoms with van der Waals surface area (Å²) in [7, 11) is 2.47. The van der Waals surface area contributed by atoms with Crippen LogP contribution in [0, 0.1) is 0 Å². The van der Waals surface area contributed by atoms with Gasteiger partial charge in [0.05, 0.1) is 18.4 Å². The van der Waals surface area contributed by atoms with Crippen molar-refractivity contribution in [3.63, 3.8) is 0 Å². The minimum absolute atomic E-state index is 0.0972. The Morgan fingerprint density at radius 1 is 1.50 bits per heavy atom. The summed E-state index contributed by atoms with van der Waals surface area (Å²) in [6, 6.07) is 0. The van der Waals surface area contributed by atoms with Gasteiger partial charge in [0.2, 0.25) is 0 Å². The van der Waals surface area contributed by atoms with E-state index < -0.39 is 5.97 Å². The van der Waals surface area contributed by atoms with Crippen LogP contribution < -0.4 is 5.73 Å². The molecule has 0 aliphatic carbocycles. The van der Waals surface area contributed by atoms with E-state index in [1.807, 2.05) is 0 Å². The number of anilines is 1. The van der Waals surface area contributed by atoms with Crippen LogP contribution in [0.25, 0.3) is 5.57 Å². The predicted molar refractivity (Wildman–Crippen MR) is 71.6 cm³/mol. The van der Waals surface area contributed by atoms with E-state index in [1.165, 1.54) is 25.6 Å². The van der Waals surface area contributed by atoms with Gasteiger partial charge >= 0.3 is 5.97 Å². The van der Waals surface area contributed by atoms with E-state index in [0.29, 0.717) is 10.8 Å². The summed E-state index contributed by atoms with van der Waals surface area (Å²) in [4.78, 5) is 20.1. The number of carbonyl (C=O) groups is 1. The lowest BCUT2D eigenvalue weighted by Crippen LogP contribution is -2.18. The molecule has 18 heavy (non-hydrogen) atoms. The van der Waals surface area contributed by atoms with Crippen molar-refractivity contribution in [1.82, 2.24) is 4.98 Å². The zero-order valence-electron chi connectivity index (χ0n) is 9.44. The first-order valence-corrected chi connectivity index (χ1v) is 6.11. The third kappa shape index (κ3) is 3.34. The van der Waals surface area contributed by atoms with Crippen LogP contribution in [0.3, 0.4) is 0 Å². The molecule has 0 unspecified atom stereocenters. The molecule has 0 saturated carbocycles. The van der Waals surface area contributed by atoms with Crippen LogP contribution >= 0.6 is 34.5 Å². The zero-order chi connectivity index (χ0) is 13.7. The lowest BCUT2D eigenvalue weighted by molar-refractivity contribution is -0.132. The van der Waals surface area contributed by atoms with Crippen molar-refractivity contribution in [3.05, 3.63) is 15.6 Å². The fourth-order valence-corrected chi connectivity index (χ4v) is 2.01. The Morgan fingerprint density at radius 2 is 2.17 bits per heavy atom. The van der Waals surface area contributed by atoms with Crippen LogP contribution in [0.2, 0.25) is 0 Å². The number of ether oxygens (including phenoxy) is 1. The Hall–Kier alpha value is -1.31. The number of nitrogen functional groups attached to an aromatic ring is 1. The van der Waals surface area contributed by atoms with Crippen molar-refractivity contribution in [3.8, 4) is 0 Å². The maximum absolute atomic E-state index is 11.6. The van der Waals surface area contributed by atoms with E-state index >= 15 is 0 Å². The van der Waals surface area contributed by atoms with Gasteiger partial charge in [-0.1, -0.05) is 28.4 Å². The van der Waals surface area contributed by atoms with Gasteiger partial charge in [0, 0.05) is 5.38 Å². The highest BCUT2D eigenvalue weighted by molar-refractivity contribution is 7.13. The summed E-state index contributed by atoms with van der Waals surface area (Å²) < 4.78 is 4.37. The lowest BCUT2D eigenvalue weighted by Gasteiger charge is -2.06. The van der Waals surface area contributed by atoms with Crippen LogP contribution in [0.5, 0.6) is 0 Å². The van der Waals surface area contributed by atoms with Gasteiger partial charge in [0.1, 0.15) is 11.6 Å². The quantitative estimate of drug-likeness (QED) is 0.522. The lowest BCUT2D eigenvalue weighted by atomic mass is 10.1. The third-order valence-corrected chi connectivity index (χ3v) is 2.82. The Morgan fingerprint density at radius 3 is 2.56 bits per heavy atom. The third-order valence-electron chi connectivity index (χ3n) is 1.77. The second kappa shape index (κ2) is 6.58. The molecule has 1 heterocycles. The molecule has 0 aliphatic heterocycles. The first-order chi connectivity index (χ1) is 8.51. The number of methoxy groups -OCH3 is 1. The topological polar surface area (TPSA) is 86.8 Å². The van der Waals surface area contributed by atoms with E-state index in [0.717, 1.165) is 0 Å². The van der Waals surface area contributed by atoms with E-state index in [-0.39, 0.29) is 15.8 Å². The normalized spacial score (nSPS) is 11.0. The summed E-state index contributed by atoms with van der Waals surface area (Å²) in [5.41, 5.74) is 5.74. The van der Waals surface area contributed by atoms with Crippen molar-refractivity contribution in [1.29, 1.82) is 0 Å². The Balaban J connectivity index is 3.33. The summed E-state index contributed by atoms with van der Waals surface area (Å²) in [5.74, 6) is -0.753. The first-order valence-electron chi connectivity index (χ1n) is 4.47. The summed E-state index contributed by atoms with van der Waals surface area (Å²) in [6.45, 7) is 0. The summed E-state index contributed by atoms with van der Waals surface area (Å²) >= 11 is 12.7. The van der Waals surface area contributed by atoms with E-state index in [4.69, 9.17) is 28.9 Å². The Bertz CT molecular complexity index is 509. The number of aromatic nitrogens is 1. The molecule has 9 heteroatoms. The van der Waals surface area contributed by atoms with Crippen LogP contribution in [0.4, 0.5) is 5.13 Å². The molecule has 98 valence electrons. The molecule has 2 N–H and O–H groups in total. The van der Waals surface area contributed by atoms with Gasteiger partial charge in [0.25, 0.3) is 0 Å². The highest BCUT2D eigenvalue weighted by Gasteiger charge is 2.25. The smallest absolute Gasteiger partial charge is 0.360 e. The maximum Gasteiger partial charge on any atom is 0.360 e. The maximum atomic E-state index is 11.6. The summed E-state index contributed by atoms with van der Waals surface area (Å²) in [5, 5.41) is 5.43. The number of carbonyl (C=O) groups excluding carboxylic acids is 1. The average Bonchev–Trinajstić information content (AvgIpc) is 2.73. The largest absolute Gasteiger partial charge is 0.464 e. The molecule has 0 atom stereocenters. The minimum atomic E-state index is -0.753. The molecule has 1 rings (SSSR count). The number of nitrogens with zero attached hydrogens (tertiary/aromatic N) is 2. The second-order valence-corrected chi connectivity index (χ2v) is 4.66. The molecule has 0 amide bonds. The number of oxime groups is 1. The van der Waals surface area contributed by atoms with Crippen molar-refractivity contribution >= 4 is 56.9 Å². The monoisotopic (exact) mass is 309 g/mol. The number of thiazole rings is 1. The molecule has 0 aromatic carbocycles. The molecule has 6 nitrogen and oxygen atoms in total. The summed E-state index contributed by atoms with van der Waals surface area (Å²) in [6.07, 6.45) is 0. The van der Waals surface area contributed by atoms with E-state index in [1.54, 1.807) is 5.38 Å². The molecule has 0 aliphatic rings. The van der Waals surface area contributed by atoms with Gasteiger partial charge in [0.15, 0.2) is 10.8 Å². The zero-order valence-corrected chi connectivity index (χ0v) is 11.8. The van der Waals surface area contributed by atoms with Crippen molar-refractivity contribution < 1.29 is 14.4 Å². The highest BCUT2D eigenvalue weighted by atomic mass is 35.5. The molecule has 1 aromatic rings. The van der Waals surface area contributed by atoms with Crippen molar-refractivity contribution in [2.45, 2.75) is 0 Å². The predicted octanol–water partition coefficient (Wildman–Crippen LogP) is 2.05. The standard InChI is InChI=1S/C9H9Cl2N3O3S/c1-16-8(15)6(14-17-2)5(7(10)11)4-3-18-9(12)13-4/h3H,1-2H3,(H2,12,13)/b14-6-. The molecular weight excluding hydrogens is 301 g/mol. The molecule has 0 spiro atoms. The second-order valence-electron chi connectivity index (χ2n) is 2.82. The number of hydrogen-bond acceptors (Lipinski definition) is 7. The van der Waals surface area contributed by atoms with Gasteiger partial charge in [-0.3, -0.25) is 0 Å². The van der Waals surface area contributed by atoms with Crippen LogP contribution in [0.1, 0.15) is 5.69 Å². The molecular formula is C9H9Cl2N3O3S. The average molecular weight is 310 g/mol. The SMILES string of the molecule is CO/N=C(\C(=O)OC)C(=C(Cl)Cl)c1csc(N)n1. The number of rotatable bonds is 4. The number of nitrogens with two attached hydrogens (primary N) is 1. The van der Waals surface area contributed by atoms with Gasteiger partial charge < -0.3 is 15.3 Å². The van der Waals surface area contributed by atoms with Crippen molar-refractivity contribution in [2.75, 3.05) is 20.0 Å². The van der Waals surface area contributed by atoms with Gasteiger partial charge in [-0.25, -0.2) is 9.78 Å². The Labute approximate surface area is 117 Å². The first kappa shape index (κ1) is 14.7. The van der Waals surface area contributed by atoms with E-state index in [9.17, 15) is 4.79 Å². The molecule has 0 fully saturated rings. The highest BCUT2D eigenvalue weighted by Crippen LogP contribution is 2.28. The Kier molecular flexibility index (Phi) is 5.39. The fraction of sp³-hybridized carbons (Fsp3) is 0.222. The number of hydrogen-bond donors (Lipinski definition) is 1. The molecule has 1 aromatic heterocycles. The fourth-order valence-electron chi connectivity index (χ4n) is 1.08. The molecule has 0 radical (unpaired) electrons. The minimum Gasteiger partial charge on any atom is -0.464 e. The van der Waals surface area contributed by atoms with Crippen LogP contribution in [0.15, 0.2) is 15.0 Å². The van der Waals surface area contributed by atoms with Gasteiger partial charge in [-0.05, 0) is 0 Å². The van der Waals surface area contributed by atoms with Crippen LogP contribution in [-0.2, 0) is 14.4 Å². The molecule has 0 saturated heterocycles. The van der Waals surface area contributed by atoms with Crippen LogP contribution in [-0.4, -0.2) is 30.9 Å². The van der Waals surface area contributed by atoms with Gasteiger partial charge in [-0.15, -0.1) is 11.3 Å². The van der Waals surface area contributed by atoms with Crippen molar-refractivity contribution in [2.24, 2.45) is 5.16 Å². The molecule has 0 bridgehead atoms. The number of halogens is 2. The van der Waals surface area contributed by atoms with E-state index in [2.05, 4.69) is 19.7 Å².